The molecule has 408 valence electrons. The molecule has 77 heavy (non-hydrogen) atoms. The molecule has 1 atom stereocenters. The lowest BCUT2D eigenvalue weighted by Crippen LogP contribution is -2.54. The van der Waals surface area contributed by atoms with Crippen molar-refractivity contribution < 1.29 is 33.9 Å². The Kier molecular flexibility index (Phi) is 18.6. The number of nitrogens with one attached hydrogen (secondary N) is 5. The average molecular weight is 1050 g/mol. The van der Waals surface area contributed by atoms with Crippen LogP contribution in [0.25, 0.3) is 16.9 Å². The number of pyridine rings is 1. The summed E-state index contributed by atoms with van der Waals surface area (Å²) in [7, 11) is 0. The summed E-state index contributed by atoms with van der Waals surface area (Å²) in [5.41, 5.74) is 2.12. The number of nitrogens with zero attached hydrogens (tertiary/aromatic N) is 8. The molecular weight excluding hydrogens is 983 g/mol. The van der Waals surface area contributed by atoms with Crippen molar-refractivity contribution >= 4 is 69.5 Å². The minimum absolute atomic E-state index is 0.0428. The molecule has 2 saturated heterocycles. The summed E-state index contributed by atoms with van der Waals surface area (Å²) in [6.45, 7) is 13.2. The number of hydrogen-bond acceptors (Lipinski definition) is 15. The van der Waals surface area contributed by atoms with Crippen LogP contribution in [0.3, 0.4) is 0 Å². The zero-order chi connectivity index (χ0) is 54.5. The van der Waals surface area contributed by atoms with E-state index in [1.807, 2.05) is 12.1 Å². The second-order valence-electron chi connectivity index (χ2n) is 20.3. The molecule has 21 nitrogen and oxygen atoms in total. The maximum Gasteiger partial charge on any atom is 0.278 e. The van der Waals surface area contributed by atoms with E-state index in [1.165, 1.54) is 10.9 Å². The molecule has 0 aliphatic carbocycles. The van der Waals surface area contributed by atoms with Gasteiger partial charge in [0.2, 0.25) is 29.6 Å². The Bertz CT molecular complexity index is 3010. The molecule has 3 aliphatic heterocycles. The number of piperidine rings is 1. The van der Waals surface area contributed by atoms with Crippen molar-refractivity contribution in [2.45, 2.75) is 116 Å². The molecular formula is C56H71N13O8. The first-order valence-corrected chi connectivity index (χ1v) is 27.0. The van der Waals surface area contributed by atoms with E-state index >= 15 is 0 Å². The zero-order valence-electron chi connectivity index (χ0n) is 44.2. The van der Waals surface area contributed by atoms with Gasteiger partial charge in [-0.15, -0.1) is 6.58 Å². The van der Waals surface area contributed by atoms with Gasteiger partial charge in [0, 0.05) is 88.3 Å². The SMILES string of the molecule is C=CCn1c(=O)c2cnc(Nc3ccc(N4CCN(CCCC(=O)NCCCCCCCCCCC(=O)NCCNc5cccc6c5C(=O)N(C5CCC(=O)NC5=O)C6=O)CC4)cc3)nc2n1-c1cccc(C(C)(C)O)n1. The van der Waals surface area contributed by atoms with Crippen LogP contribution in [-0.4, -0.2) is 133 Å². The van der Waals surface area contributed by atoms with E-state index in [0.29, 0.717) is 66.7 Å². The van der Waals surface area contributed by atoms with E-state index in [9.17, 15) is 38.7 Å². The molecule has 6 heterocycles. The third kappa shape index (κ3) is 14.0. The van der Waals surface area contributed by atoms with Crippen LogP contribution in [0.2, 0.25) is 0 Å². The molecule has 0 radical (unpaired) electrons. The quantitative estimate of drug-likeness (QED) is 0.0222. The highest BCUT2D eigenvalue weighted by molar-refractivity contribution is 6.25. The standard InChI is InChI=1S/C56H71N13O8/c1-4-31-67-52(74)41-37-60-55(64-50(41)69(67)45-19-14-18-44(62-45)56(2,3)77)61-38-22-24-39(25-23-38)66-35-33-65(34-36-66)32-15-21-47(71)58-28-12-10-8-6-5-7-9-11-20-46(70)59-30-29-57-42-17-13-16-40-49(42)54(76)68(53(40)75)43-26-27-48(72)63-51(43)73/h4,13-14,16-19,22-25,37,43,57,77H,1,5-12,15,20-21,26-36H2,2-3H3,(H,58,71)(H,59,70)(H,60,61,64)(H,63,72,73). The van der Waals surface area contributed by atoms with Gasteiger partial charge >= 0.3 is 0 Å². The first-order chi connectivity index (χ1) is 37.2. The van der Waals surface area contributed by atoms with Gasteiger partial charge in [-0.3, -0.25) is 48.7 Å². The number of piperazine rings is 1. The second-order valence-corrected chi connectivity index (χ2v) is 20.3. The number of unbranched alkanes of at least 4 members (excludes halogenated alkanes) is 7. The van der Waals surface area contributed by atoms with Crippen LogP contribution < -0.4 is 37.0 Å². The van der Waals surface area contributed by atoms with Crippen LogP contribution in [0.4, 0.5) is 23.0 Å². The highest BCUT2D eigenvalue weighted by atomic mass is 16.3. The molecule has 6 N–H and O–H groups in total. The number of carbonyl (C=O) groups excluding carboxylic acids is 6. The van der Waals surface area contributed by atoms with Gasteiger partial charge in [0.05, 0.1) is 23.4 Å². The van der Waals surface area contributed by atoms with Crippen molar-refractivity contribution in [1.82, 2.24) is 50.1 Å². The Labute approximate surface area is 447 Å². The van der Waals surface area contributed by atoms with E-state index < -0.39 is 35.3 Å². The largest absolute Gasteiger partial charge is 0.384 e. The van der Waals surface area contributed by atoms with E-state index in [4.69, 9.17) is 4.98 Å². The number of anilines is 4. The van der Waals surface area contributed by atoms with Crippen molar-refractivity contribution in [2.24, 2.45) is 0 Å². The lowest BCUT2D eigenvalue weighted by Gasteiger charge is -2.36. The number of rotatable bonds is 27. The molecule has 3 aromatic heterocycles. The number of allylic oxidation sites excluding steroid dienone is 1. The number of aromatic nitrogens is 5. The van der Waals surface area contributed by atoms with Gasteiger partial charge in [-0.2, -0.15) is 4.98 Å². The molecule has 2 fully saturated rings. The van der Waals surface area contributed by atoms with Crippen LogP contribution in [0, 0.1) is 0 Å². The summed E-state index contributed by atoms with van der Waals surface area (Å²) < 4.78 is 3.13. The van der Waals surface area contributed by atoms with Crippen molar-refractivity contribution in [3.63, 3.8) is 0 Å². The van der Waals surface area contributed by atoms with Gasteiger partial charge in [0.15, 0.2) is 11.5 Å². The Morgan fingerprint density at radius 1 is 0.792 bits per heavy atom. The minimum atomic E-state index is -1.18. The van der Waals surface area contributed by atoms with Crippen molar-refractivity contribution in [1.29, 1.82) is 0 Å². The first kappa shape index (κ1) is 55.5. The minimum Gasteiger partial charge on any atom is -0.384 e. The number of amides is 6. The molecule has 2 aromatic carbocycles. The summed E-state index contributed by atoms with van der Waals surface area (Å²) in [6.07, 6.45) is 13.2. The lowest BCUT2D eigenvalue weighted by molar-refractivity contribution is -0.136. The fourth-order valence-electron chi connectivity index (χ4n) is 10.0. The summed E-state index contributed by atoms with van der Waals surface area (Å²) in [5.74, 6) is -1.41. The maximum atomic E-state index is 13.4. The van der Waals surface area contributed by atoms with Gasteiger partial charge in [-0.25, -0.2) is 19.3 Å². The lowest BCUT2D eigenvalue weighted by atomic mass is 10.0. The second kappa shape index (κ2) is 25.8. The van der Waals surface area contributed by atoms with Crippen LogP contribution >= 0.6 is 0 Å². The third-order valence-corrected chi connectivity index (χ3v) is 14.2. The average Bonchev–Trinajstić information content (AvgIpc) is 3.84. The Morgan fingerprint density at radius 3 is 2.19 bits per heavy atom. The molecule has 5 aromatic rings. The van der Waals surface area contributed by atoms with Crippen LogP contribution in [0.1, 0.15) is 124 Å². The molecule has 1 unspecified atom stereocenters. The Balaban J connectivity index is 0.637. The highest BCUT2D eigenvalue weighted by Gasteiger charge is 2.45. The Hall–Kier alpha value is -7.78. The third-order valence-electron chi connectivity index (χ3n) is 14.2. The van der Waals surface area contributed by atoms with Gasteiger partial charge in [-0.1, -0.05) is 56.7 Å². The molecule has 0 bridgehead atoms. The van der Waals surface area contributed by atoms with E-state index in [1.54, 1.807) is 61.0 Å². The molecule has 0 saturated carbocycles. The van der Waals surface area contributed by atoms with Crippen LogP contribution in [0.15, 0.2) is 84.3 Å². The summed E-state index contributed by atoms with van der Waals surface area (Å²) in [5, 5.41) is 25.6. The van der Waals surface area contributed by atoms with E-state index in [2.05, 4.69) is 65.1 Å². The number of aliphatic hydroxyl groups is 1. The van der Waals surface area contributed by atoms with Gasteiger partial charge in [0.1, 0.15) is 17.0 Å². The monoisotopic (exact) mass is 1050 g/mol. The molecule has 8 rings (SSSR count). The van der Waals surface area contributed by atoms with Crippen molar-refractivity contribution in [3.05, 3.63) is 107 Å². The molecule has 6 amide bonds. The predicted molar refractivity (Wildman–Crippen MR) is 293 cm³/mol. The zero-order valence-corrected chi connectivity index (χ0v) is 44.2. The smallest absolute Gasteiger partial charge is 0.278 e. The van der Waals surface area contributed by atoms with Gasteiger partial charge < -0.3 is 31.3 Å². The molecule has 0 spiro atoms. The van der Waals surface area contributed by atoms with Crippen LogP contribution in [-0.2, 0) is 31.3 Å². The van der Waals surface area contributed by atoms with Crippen molar-refractivity contribution in [2.75, 3.05) is 67.9 Å². The number of imide groups is 2. The predicted octanol–water partition coefficient (Wildman–Crippen LogP) is 5.29. The Morgan fingerprint density at radius 2 is 1.48 bits per heavy atom. The number of carbonyl (C=O) groups is 6. The normalized spacial score (nSPS) is 15.9. The summed E-state index contributed by atoms with van der Waals surface area (Å²) in [4.78, 5) is 108. The number of fused-ring (bicyclic) bond motifs is 2. The van der Waals surface area contributed by atoms with Crippen molar-refractivity contribution in [3.8, 4) is 5.82 Å². The number of hydrogen-bond donors (Lipinski definition) is 6. The summed E-state index contributed by atoms with van der Waals surface area (Å²) >= 11 is 0. The van der Waals surface area contributed by atoms with Gasteiger partial charge in [-0.05, 0) is 94.6 Å². The maximum absolute atomic E-state index is 13.4. The summed E-state index contributed by atoms with van der Waals surface area (Å²) in [6, 6.07) is 17.2. The van der Waals surface area contributed by atoms with Gasteiger partial charge in [0.25, 0.3) is 17.4 Å². The fraction of sp³-hybridized carbons (Fsp3) is 0.464. The molecule has 3 aliphatic rings. The highest BCUT2D eigenvalue weighted by Crippen LogP contribution is 2.32. The molecule has 21 heteroatoms. The van der Waals surface area contributed by atoms with E-state index in [-0.39, 0.29) is 47.9 Å². The fourth-order valence-corrected chi connectivity index (χ4v) is 10.0. The number of benzene rings is 2. The van der Waals surface area contributed by atoms with Crippen LogP contribution in [0.5, 0.6) is 0 Å². The van der Waals surface area contributed by atoms with E-state index in [0.717, 1.165) is 107 Å². The topological polar surface area (TPSA) is 258 Å². The first-order valence-electron chi connectivity index (χ1n) is 27.0.